The van der Waals surface area contributed by atoms with Gasteiger partial charge in [-0.3, -0.25) is 4.79 Å². The molecule has 3 rings (SSSR count). The van der Waals surface area contributed by atoms with E-state index in [-0.39, 0.29) is 11.7 Å². The first-order valence-corrected chi connectivity index (χ1v) is 10.9. The highest BCUT2D eigenvalue weighted by Gasteiger charge is 2.13. The molecule has 2 aromatic carbocycles. The topological polar surface area (TPSA) is 84.2 Å². The summed E-state index contributed by atoms with van der Waals surface area (Å²) in [6.07, 6.45) is 3.41. The Morgan fingerprint density at radius 2 is 1.77 bits per heavy atom. The highest BCUT2D eigenvalue weighted by molar-refractivity contribution is 7.99. The number of anilines is 1. The number of allylic oxidation sites excluding steroid dienone is 1. The molecule has 0 bridgehead atoms. The van der Waals surface area contributed by atoms with Gasteiger partial charge < -0.3 is 9.88 Å². The number of benzene rings is 2. The van der Waals surface area contributed by atoms with Crippen LogP contribution in [0.25, 0.3) is 0 Å². The van der Waals surface area contributed by atoms with Crippen LogP contribution in [0.5, 0.6) is 0 Å². The number of thioether (sulfide) groups is 1. The Labute approximate surface area is 186 Å². The van der Waals surface area contributed by atoms with Gasteiger partial charge in [0.15, 0.2) is 11.0 Å². The molecule has 0 atom stereocenters. The Morgan fingerprint density at radius 1 is 1.10 bits per heavy atom. The summed E-state index contributed by atoms with van der Waals surface area (Å²) >= 11 is 1.32. The lowest BCUT2D eigenvalue weighted by atomic mass is 10.2. The number of hydrazone groups is 1. The average molecular weight is 435 g/mol. The van der Waals surface area contributed by atoms with Gasteiger partial charge in [-0.05, 0) is 31.5 Å². The molecule has 0 saturated heterocycles. The van der Waals surface area contributed by atoms with Crippen LogP contribution in [0.4, 0.5) is 5.69 Å². The van der Waals surface area contributed by atoms with E-state index in [9.17, 15) is 4.79 Å². The molecule has 7 nitrogen and oxygen atoms in total. The van der Waals surface area contributed by atoms with E-state index in [1.165, 1.54) is 22.9 Å². The van der Waals surface area contributed by atoms with Crippen LogP contribution < -0.4 is 10.7 Å². The Balaban J connectivity index is 1.54. The van der Waals surface area contributed by atoms with Crippen LogP contribution >= 0.6 is 11.8 Å². The van der Waals surface area contributed by atoms with Gasteiger partial charge in [0.2, 0.25) is 0 Å². The average Bonchev–Trinajstić information content (AvgIpc) is 3.15. The maximum Gasteiger partial charge on any atom is 0.250 e. The van der Waals surface area contributed by atoms with Crippen LogP contribution in [0.2, 0.25) is 0 Å². The van der Waals surface area contributed by atoms with E-state index in [0.29, 0.717) is 18.2 Å². The van der Waals surface area contributed by atoms with Crippen LogP contribution in [0.15, 0.2) is 71.4 Å². The molecule has 0 aliphatic rings. The summed E-state index contributed by atoms with van der Waals surface area (Å²) < 4.78 is 1.95. The molecule has 1 amide bonds. The van der Waals surface area contributed by atoms with Crippen molar-refractivity contribution in [3.05, 3.63) is 83.7 Å². The van der Waals surface area contributed by atoms with E-state index in [2.05, 4.69) is 51.7 Å². The van der Waals surface area contributed by atoms with E-state index in [1.807, 2.05) is 47.9 Å². The Kier molecular flexibility index (Phi) is 8.00. The zero-order valence-corrected chi connectivity index (χ0v) is 18.5. The van der Waals surface area contributed by atoms with Gasteiger partial charge in [0.1, 0.15) is 0 Å². The van der Waals surface area contributed by atoms with Gasteiger partial charge in [-0.2, -0.15) is 5.10 Å². The van der Waals surface area contributed by atoms with E-state index in [4.69, 9.17) is 0 Å². The smallest absolute Gasteiger partial charge is 0.250 e. The van der Waals surface area contributed by atoms with Gasteiger partial charge in [0, 0.05) is 12.2 Å². The molecule has 0 spiro atoms. The summed E-state index contributed by atoms with van der Waals surface area (Å²) in [5, 5.41) is 16.5. The van der Waals surface area contributed by atoms with Crippen molar-refractivity contribution in [2.75, 3.05) is 11.1 Å². The molecule has 2 N–H and O–H groups in total. The van der Waals surface area contributed by atoms with E-state index in [1.54, 1.807) is 12.3 Å². The summed E-state index contributed by atoms with van der Waals surface area (Å²) in [5.41, 5.74) is 6.87. The van der Waals surface area contributed by atoms with Crippen LogP contribution in [-0.2, 0) is 17.9 Å². The fraction of sp³-hybridized carbons (Fsp3) is 0.217. The van der Waals surface area contributed by atoms with Crippen molar-refractivity contribution in [2.45, 2.75) is 32.1 Å². The van der Waals surface area contributed by atoms with Gasteiger partial charge in [-0.15, -0.1) is 16.8 Å². The standard InChI is InChI=1S/C23H26N6OS/c1-4-13-29-21(15-24-20-11-7-18(3)8-12-20)26-28-23(29)31-16-22(30)27-25-14-19-9-5-17(2)6-10-19/h4-12,14,24H,1,13,15-16H2,2-3H3,(H,27,30)/b25-14-. The van der Waals surface area contributed by atoms with Gasteiger partial charge in [-0.25, -0.2) is 5.43 Å². The molecule has 0 aliphatic carbocycles. The third-order valence-electron chi connectivity index (χ3n) is 4.42. The Bertz CT molecular complexity index is 1040. The first-order valence-electron chi connectivity index (χ1n) is 9.90. The van der Waals surface area contributed by atoms with E-state index < -0.39 is 0 Å². The highest BCUT2D eigenvalue weighted by atomic mass is 32.2. The largest absolute Gasteiger partial charge is 0.378 e. The minimum atomic E-state index is -0.208. The first-order chi connectivity index (χ1) is 15.0. The van der Waals surface area contributed by atoms with Crippen molar-refractivity contribution < 1.29 is 4.79 Å². The summed E-state index contributed by atoms with van der Waals surface area (Å²) in [4.78, 5) is 12.1. The van der Waals surface area contributed by atoms with Crippen molar-refractivity contribution in [1.29, 1.82) is 0 Å². The van der Waals surface area contributed by atoms with Gasteiger partial charge in [-0.1, -0.05) is 65.4 Å². The summed E-state index contributed by atoms with van der Waals surface area (Å²) in [6.45, 7) is 8.98. The zero-order chi connectivity index (χ0) is 22.1. The number of aromatic nitrogens is 3. The SMILES string of the molecule is C=CCn1c(CNc2ccc(C)cc2)nnc1SCC(=O)N/N=C\c1ccc(C)cc1. The Hall–Kier alpha value is -3.39. The molecule has 8 heteroatoms. The molecule has 0 unspecified atom stereocenters. The molecule has 3 aromatic rings. The molecule has 0 fully saturated rings. The maximum absolute atomic E-state index is 12.1. The van der Waals surface area contributed by atoms with Crippen molar-refractivity contribution >= 4 is 29.6 Å². The second kappa shape index (κ2) is 11.1. The molecule has 160 valence electrons. The quantitative estimate of drug-likeness (QED) is 0.219. The van der Waals surface area contributed by atoms with Crippen LogP contribution in [-0.4, -0.2) is 32.6 Å². The van der Waals surface area contributed by atoms with Crippen molar-refractivity contribution in [3.63, 3.8) is 0 Å². The number of nitrogens with one attached hydrogen (secondary N) is 2. The number of hydrogen-bond donors (Lipinski definition) is 2. The normalized spacial score (nSPS) is 10.9. The first kappa shape index (κ1) is 22.3. The number of aryl methyl sites for hydroxylation is 2. The summed E-state index contributed by atoms with van der Waals surface area (Å²) in [7, 11) is 0. The highest BCUT2D eigenvalue weighted by Crippen LogP contribution is 2.18. The minimum absolute atomic E-state index is 0.186. The number of hydrogen-bond acceptors (Lipinski definition) is 6. The van der Waals surface area contributed by atoms with Gasteiger partial charge >= 0.3 is 0 Å². The zero-order valence-electron chi connectivity index (χ0n) is 17.7. The maximum atomic E-state index is 12.1. The molecule has 0 saturated carbocycles. The summed E-state index contributed by atoms with van der Waals surface area (Å²) in [5.74, 6) is 0.757. The number of amides is 1. The fourth-order valence-corrected chi connectivity index (χ4v) is 3.47. The lowest BCUT2D eigenvalue weighted by molar-refractivity contribution is -0.118. The van der Waals surface area contributed by atoms with Crippen molar-refractivity contribution in [3.8, 4) is 0 Å². The number of carbonyl (C=O) groups is 1. The molecular weight excluding hydrogens is 408 g/mol. The second-order valence-corrected chi connectivity index (χ2v) is 7.95. The fourth-order valence-electron chi connectivity index (χ4n) is 2.72. The summed E-state index contributed by atoms with van der Waals surface area (Å²) in [6, 6.07) is 16.1. The molecule has 1 aromatic heterocycles. The minimum Gasteiger partial charge on any atom is -0.378 e. The lowest BCUT2D eigenvalue weighted by Crippen LogP contribution is -2.20. The van der Waals surface area contributed by atoms with Crippen LogP contribution in [0, 0.1) is 13.8 Å². The van der Waals surface area contributed by atoms with E-state index in [0.717, 1.165) is 17.1 Å². The number of rotatable bonds is 10. The van der Waals surface area contributed by atoms with Crippen molar-refractivity contribution in [1.82, 2.24) is 20.2 Å². The van der Waals surface area contributed by atoms with Crippen LogP contribution in [0.1, 0.15) is 22.5 Å². The van der Waals surface area contributed by atoms with Crippen molar-refractivity contribution in [2.24, 2.45) is 5.10 Å². The Morgan fingerprint density at radius 3 is 2.45 bits per heavy atom. The monoisotopic (exact) mass is 434 g/mol. The third kappa shape index (κ3) is 6.82. The predicted octanol–water partition coefficient (Wildman–Crippen LogP) is 3.94. The lowest BCUT2D eigenvalue weighted by Gasteiger charge is -2.09. The molecular formula is C23H26N6OS. The molecule has 0 aliphatic heterocycles. The third-order valence-corrected chi connectivity index (χ3v) is 5.39. The van der Waals surface area contributed by atoms with Crippen LogP contribution in [0.3, 0.4) is 0 Å². The molecule has 31 heavy (non-hydrogen) atoms. The molecule has 1 heterocycles. The number of carbonyl (C=O) groups excluding carboxylic acids is 1. The number of nitrogens with zero attached hydrogens (tertiary/aromatic N) is 4. The van der Waals surface area contributed by atoms with E-state index >= 15 is 0 Å². The predicted molar refractivity (Wildman–Crippen MR) is 126 cm³/mol. The van der Waals surface area contributed by atoms with Gasteiger partial charge in [0.05, 0.1) is 18.5 Å². The van der Waals surface area contributed by atoms with Gasteiger partial charge in [0.25, 0.3) is 5.91 Å². The molecule has 0 radical (unpaired) electrons. The second-order valence-electron chi connectivity index (χ2n) is 7.01.